The molecule has 4 heterocycles. The molecule has 1 amide bonds. The highest BCUT2D eigenvalue weighted by Crippen LogP contribution is 2.30. The van der Waals surface area contributed by atoms with E-state index >= 15 is 0 Å². The van der Waals surface area contributed by atoms with Crippen molar-refractivity contribution in [3.8, 4) is 5.75 Å². The number of carbonyl (C=O) groups is 1. The van der Waals surface area contributed by atoms with Crippen LogP contribution in [0.2, 0.25) is 0 Å². The lowest BCUT2D eigenvalue weighted by Crippen LogP contribution is -2.40. The second-order valence-corrected chi connectivity index (χ2v) is 7.37. The Morgan fingerprint density at radius 2 is 2.00 bits per heavy atom. The molecule has 1 aromatic heterocycles. The maximum absolute atomic E-state index is 12.9. The fraction of sp³-hybridized carbons (Fsp3) is 0.450. The zero-order valence-corrected chi connectivity index (χ0v) is 15.2. The number of nitrogens with zero attached hydrogens (tertiary/aromatic N) is 4. The van der Waals surface area contributed by atoms with Crippen LogP contribution in [0.1, 0.15) is 36.0 Å². The van der Waals surface area contributed by atoms with Gasteiger partial charge in [0.1, 0.15) is 24.0 Å². The molecule has 0 bridgehead atoms. The Morgan fingerprint density at radius 3 is 2.89 bits per heavy atom. The van der Waals surface area contributed by atoms with E-state index in [-0.39, 0.29) is 5.91 Å². The molecule has 0 unspecified atom stereocenters. The Bertz CT molecular complexity index is 896. The Balaban J connectivity index is 1.26. The van der Waals surface area contributed by atoms with Crippen molar-refractivity contribution < 1.29 is 9.53 Å². The summed E-state index contributed by atoms with van der Waals surface area (Å²) in [5, 5.41) is 12.1. The van der Waals surface area contributed by atoms with Gasteiger partial charge in [-0.1, -0.05) is 18.2 Å². The first-order valence-electron chi connectivity index (χ1n) is 9.64. The van der Waals surface area contributed by atoms with Crippen LogP contribution in [-0.2, 0) is 17.9 Å². The molecule has 0 atom stereocenters. The third-order valence-corrected chi connectivity index (χ3v) is 5.71. The molecule has 5 rings (SSSR count). The minimum absolute atomic E-state index is 0.0930. The number of piperidine rings is 1. The van der Waals surface area contributed by atoms with Crippen molar-refractivity contribution in [2.24, 2.45) is 0 Å². The summed E-state index contributed by atoms with van der Waals surface area (Å²) in [6.07, 6.45) is 3.83. The van der Waals surface area contributed by atoms with Crippen LogP contribution in [-0.4, -0.2) is 51.8 Å². The summed E-state index contributed by atoms with van der Waals surface area (Å²) >= 11 is 0. The van der Waals surface area contributed by atoms with Crippen LogP contribution in [0.15, 0.2) is 29.8 Å². The van der Waals surface area contributed by atoms with E-state index in [1.54, 1.807) is 0 Å². The molecular formula is C20H23N5O2. The lowest BCUT2D eigenvalue weighted by Gasteiger charge is -2.33. The third kappa shape index (κ3) is 3.02. The van der Waals surface area contributed by atoms with E-state index in [1.165, 1.54) is 0 Å². The number of benzene rings is 1. The number of rotatable bonds is 2. The van der Waals surface area contributed by atoms with Crippen LogP contribution in [0, 0.1) is 0 Å². The summed E-state index contributed by atoms with van der Waals surface area (Å²) in [5.74, 6) is 3.44. The first-order valence-corrected chi connectivity index (χ1v) is 9.64. The monoisotopic (exact) mass is 365 g/mol. The average molecular weight is 365 g/mol. The minimum atomic E-state index is 0.0930. The highest BCUT2D eigenvalue weighted by Gasteiger charge is 2.30. The summed E-state index contributed by atoms with van der Waals surface area (Å²) < 4.78 is 8.00. The van der Waals surface area contributed by atoms with Gasteiger partial charge in [0.15, 0.2) is 0 Å². The van der Waals surface area contributed by atoms with Crippen molar-refractivity contribution in [1.82, 2.24) is 25.0 Å². The molecule has 27 heavy (non-hydrogen) atoms. The number of aromatic nitrogens is 3. The first-order chi connectivity index (χ1) is 13.3. The van der Waals surface area contributed by atoms with E-state index in [1.807, 2.05) is 35.2 Å². The molecule has 0 radical (unpaired) electrons. The first kappa shape index (κ1) is 16.5. The number of ether oxygens (including phenoxy) is 1. The number of para-hydroxylation sites is 1. The number of nitrogens with one attached hydrogen (secondary N) is 1. The van der Waals surface area contributed by atoms with Gasteiger partial charge in [-0.05, 0) is 25.0 Å². The van der Waals surface area contributed by atoms with Gasteiger partial charge in [0, 0.05) is 37.7 Å². The van der Waals surface area contributed by atoms with E-state index in [2.05, 4.69) is 20.1 Å². The van der Waals surface area contributed by atoms with Crippen LogP contribution >= 0.6 is 0 Å². The zero-order chi connectivity index (χ0) is 18.2. The Kier molecular flexibility index (Phi) is 4.16. The molecule has 1 aromatic carbocycles. The van der Waals surface area contributed by atoms with Gasteiger partial charge in [-0.15, -0.1) is 10.2 Å². The molecule has 7 nitrogen and oxygen atoms in total. The molecule has 7 heteroatoms. The van der Waals surface area contributed by atoms with Gasteiger partial charge in [-0.2, -0.15) is 0 Å². The lowest BCUT2D eigenvalue weighted by molar-refractivity contribution is -0.128. The number of hydrogen-bond donors (Lipinski definition) is 1. The second kappa shape index (κ2) is 6.81. The van der Waals surface area contributed by atoms with Crippen molar-refractivity contribution in [2.45, 2.75) is 31.8 Å². The van der Waals surface area contributed by atoms with Gasteiger partial charge in [0.05, 0.1) is 12.1 Å². The predicted octanol–water partition coefficient (Wildman–Crippen LogP) is 1.56. The SMILES string of the molecule is O=C(C1=Cc2ccccc2OC1)N1CCC(c2nnc3n2CCNC3)CC1. The molecule has 0 saturated carbocycles. The Morgan fingerprint density at radius 1 is 1.15 bits per heavy atom. The maximum Gasteiger partial charge on any atom is 0.253 e. The quantitative estimate of drug-likeness (QED) is 0.875. The molecule has 3 aliphatic rings. The number of likely N-dealkylation sites (tertiary alicyclic amines) is 1. The summed E-state index contributed by atoms with van der Waals surface area (Å²) in [6, 6.07) is 7.83. The van der Waals surface area contributed by atoms with Gasteiger partial charge in [0.25, 0.3) is 5.91 Å². The van der Waals surface area contributed by atoms with Crippen molar-refractivity contribution in [2.75, 3.05) is 26.2 Å². The van der Waals surface area contributed by atoms with Gasteiger partial charge >= 0.3 is 0 Å². The number of carbonyl (C=O) groups excluding carboxylic acids is 1. The summed E-state index contributed by atoms with van der Waals surface area (Å²) in [7, 11) is 0. The fourth-order valence-electron chi connectivity index (χ4n) is 4.20. The smallest absolute Gasteiger partial charge is 0.253 e. The minimum Gasteiger partial charge on any atom is -0.488 e. The normalized spacial score (nSPS) is 19.7. The van der Waals surface area contributed by atoms with Crippen molar-refractivity contribution in [1.29, 1.82) is 0 Å². The highest BCUT2D eigenvalue weighted by atomic mass is 16.5. The lowest BCUT2D eigenvalue weighted by atomic mass is 9.95. The molecule has 0 aliphatic carbocycles. The maximum atomic E-state index is 12.9. The number of amides is 1. The predicted molar refractivity (Wildman–Crippen MR) is 100 cm³/mol. The van der Waals surface area contributed by atoms with Crippen molar-refractivity contribution in [3.63, 3.8) is 0 Å². The van der Waals surface area contributed by atoms with Gasteiger partial charge in [0.2, 0.25) is 0 Å². The molecule has 0 spiro atoms. The van der Waals surface area contributed by atoms with E-state index in [0.29, 0.717) is 12.5 Å². The molecular weight excluding hydrogens is 342 g/mol. The van der Waals surface area contributed by atoms with Crippen LogP contribution in [0.5, 0.6) is 5.75 Å². The molecule has 140 valence electrons. The number of fused-ring (bicyclic) bond motifs is 2. The summed E-state index contributed by atoms with van der Waals surface area (Å²) in [4.78, 5) is 14.9. The van der Waals surface area contributed by atoms with Crippen molar-refractivity contribution >= 4 is 12.0 Å². The summed E-state index contributed by atoms with van der Waals surface area (Å²) in [6.45, 7) is 4.54. The van der Waals surface area contributed by atoms with E-state index in [0.717, 1.165) is 74.1 Å². The molecule has 1 saturated heterocycles. The highest BCUT2D eigenvalue weighted by molar-refractivity contribution is 5.99. The van der Waals surface area contributed by atoms with Gasteiger partial charge in [-0.25, -0.2) is 0 Å². The second-order valence-electron chi connectivity index (χ2n) is 7.37. The zero-order valence-electron chi connectivity index (χ0n) is 15.2. The number of hydrogen-bond acceptors (Lipinski definition) is 5. The third-order valence-electron chi connectivity index (χ3n) is 5.71. The standard InChI is InChI=1S/C20H23N5O2/c26-20(16-11-15-3-1-2-4-17(15)27-13-16)24-8-5-14(6-9-24)19-23-22-18-12-21-7-10-25(18)19/h1-4,11,14,21H,5-10,12-13H2. The average Bonchev–Trinajstić information content (AvgIpc) is 3.17. The topological polar surface area (TPSA) is 72.3 Å². The largest absolute Gasteiger partial charge is 0.488 e. The van der Waals surface area contributed by atoms with Gasteiger partial charge < -0.3 is 19.5 Å². The van der Waals surface area contributed by atoms with Crippen molar-refractivity contribution in [3.05, 3.63) is 47.1 Å². The fourth-order valence-corrected chi connectivity index (χ4v) is 4.20. The van der Waals surface area contributed by atoms with E-state index in [9.17, 15) is 4.79 Å². The summed E-state index contributed by atoms with van der Waals surface area (Å²) in [5.41, 5.74) is 1.71. The van der Waals surface area contributed by atoms with E-state index < -0.39 is 0 Å². The van der Waals surface area contributed by atoms with Crippen LogP contribution in [0.4, 0.5) is 0 Å². The van der Waals surface area contributed by atoms with Gasteiger partial charge in [-0.3, -0.25) is 4.79 Å². The molecule has 2 aromatic rings. The Hall–Kier alpha value is -2.67. The Labute approximate surface area is 158 Å². The van der Waals surface area contributed by atoms with E-state index in [4.69, 9.17) is 4.74 Å². The van der Waals surface area contributed by atoms with Crippen LogP contribution in [0.3, 0.4) is 0 Å². The molecule has 1 fully saturated rings. The molecule has 3 aliphatic heterocycles. The molecule has 1 N–H and O–H groups in total. The van der Waals surface area contributed by atoms with Crippen LogP contribution in [0.25, 0.3) is 6.08 Å². The van der Waals surface area contributed by atoms with Crippen LogP contribution < -0.4 is 10.1 Å².